The molecule has 5 nitrogen and oxygen atoms in total. The smallest absolute Gasteiger partial charge is 0.243 e. The van der Waals surface area contributed by atoms with Crippen molar-refractivity contribution in [2.24, 2.45) is 0 Å². The lowest BCUT2D eigenvalue weighted by atomic mass is 10.2. The van der Waals surface area contributed by atoms with E-state index in [2.05, 4.69) is 5.32 Å². The van der Waals surface area contributed by atoms with Crippen LogP contribution in [0.15, 0.2) is 24.3 Å². The lowest BCUT2D eigenvalue weighted by Gasteiger charge is -2.25. The van der Waals surface area contributed by atoms with Crippen LogP contribution in [0.25, 0.3) is 0 Å². The Morgan fingerprint density at radius 1 is 1.12 bits per heavy atom. The van der Waals surface area contributed by atoms with Gasteiger partial charge in [-0.1, -0.05) is 12.1 Å². The largest absolute Gasteiger partial charge is 0.508 e. The van der Waals surface area contributed by atoms with Crippen molar-refractivity contribution in [3.8, 4) is 5.75 Å². The first-order chi connectivity index (χ1) is 7.66. The Bertz CT molecular complexity index is 398. The number of aromatic hydroxyl groups is 1. The molecule has 84 valence electrons. The van der Waals surface area contributed by atoms with Crippen LogP contribution in [-0.2, 0) is 16.1 Å². The van der Waals surface area contributed by atoms with Crippen molar-refractivity contribution in [1.29, 1.82) is 0 Å². The lowest BCUT2D eigenvalue weighted by Crippen LogP contribution is -2.51. The van der Waals surface area contributed by atoms with Gasteiger partial charge in [0.25, 0.3) is 0 Å². The molecule has 1 aromatic rings. The number of amides is 2. The molecule has 1 aliphatic heterocycles. The first-order valence-electron chi connectivity index (χ1n) is 4.98. The molecule has 0 bridgehead atoms. The minimum atomic E-state index is -0.218. The number of carbonyl (C=O) groups excluding carboxylic acids is 2. The Morgan fingerprint density at radius 3 is 2.25 bits per heavy atom. The molecule has 1 aliphatic rings. The second-order valence-electron chi connectivity index (χ2n) is 3.64. The summed E-state index contributed by atoms with van der Waals surface area (Å²) in [7, 11) is 0. The maximum Gasteiger partial charge on any atom is 0.243 e. The zero-order chi connectivity index (χ0) is 11.5. The fourth-order valence-corrected chi connectivity index (χ4v) is 1.57. The number of hydrogen-bond acceptors (Lipinski definition) is 4. The molecule has 2 amide bonds. The molecule has 0 unspecified atom stereocenters. The zero-order valence-corrected chi connectivity index (χ0v) is 8.64. The summed E-state index contributed by atoms with van der Waals surface area (Å²) < 4.78 is 0. The molecule has 0 radical (unpaired) electrons. The predicted molar refractivity (Wildman–Crippen MR) is 56.5 cm³/mol. The SMILES string of the molecule is O=C1CNCC(=O)N1Cc1ccc(O)cc1. The standard InChI is InChI=1S/C11H12N2O3/c14-9-3-1-8(2-4-9)7-13-10(15)5-12-6-11(13)16/h1-4,12,14H,5-7H2. The minimum absolute atomic E-state index is 0.168. The van der Waals surface area contributed by atoms with E-state index in [0.29, 0.717) is 0 Å². The van der Waals surface area contributed by atoms with Crippen LogP contribution in [0.3, 0.4) is 0 Å². The Labute approximate surface area is 92.7 Å². The maximum absolute atomic E-state index is 11.5. The molecule has 1 fully saturated rings. The number of piperazine rings is 1. The van der Waals surface area contributed by atoms with Crippen molar-refractivity contribution in [2.45, 2.75) is 6.54 Å². The van der Waals surface area contributed by atoms with Gasteiger partial charge in [0.15, 0.2) is 0 Å². The molecule has 0 saturated carbocycles. The molecular formula is C11H12N2O3. The summed E-state index contributed by atoms with van der Waals surface area (Å²) in [4.78, 5) is 24.2. The van der Waals surface area contributed by atoms with E-state index in [1.807, 2.05) is 0 Å². The van der Waals surface area contributed by atoms with Crippen molar-refractivity contribution in [3.05, 3.63) is 29.8 Å². The topological polar surface area (TPSA) is 69.6 Å². The van der Waals surface area contributed by atoms with E-state index in [-0.39, 0.29) is 37.2 Å². The van der Waals surface area contributed by atoms with E-state index in [1.54, 1.807) is 12.1 Å². The average Bonchev–Trinajstić information content (AvgIpc) is 2.26. The Morgan fingerprint density at radius 2 is 1.69 bits per heavy atom. The molecule has 0 aliphatic carbocycles. The molecule has 1 saturated heterocycles. The first kappa shape index (κ1) is 10.6. The van der Waals surface area contributed by atoms with Crippen molar-refractivity contribution in [3.63, 3.8) is 0 Å². The fraction of sp³-hybridized carbons (Fsp3) is 0.273. The van der Waals surface area contributed by atoms with Gasteiger partial charge < -0.3 is 5.11 Å². The van der Waals surface area contributed by atoms with Crippen molar-refractivity contribution >= 4 is 11.8 Å². The molecule has 16 heavy (non-hydrogen) atoms. The predicted octanol–water partition coefficient (Wildman–Crippen LogP) is -0.149. The molecule has 2 N–H and O–H groups in total. The average molecular weight is 220 g/mol. The van der Waals surface area contributed by atoms with Gasteiger partial charge in [-0.05, 0) is 17.7 Å². The monoisotopic (exact) mass is 220 g/mol. The zero-order valence-electron chi connectivity index (χ0n) is 8.64. The Kier molecular flexibility index (Phi) is 2.87. The molecule has 0 atom stereocenters. The number of hydrogen-bond donors (Lipinski definition) is 2. The third kappa shape index (κ3) is 2.20. The highest BCUT2D eigenvalue weighted by Gasteiger charge is 2.25. The van der Waals surface area contributed by atoms with E-state index < -0.39 is 0 Å². The number of phenolic OH excluding ortho intramolecular Hbond substituents is 1. The van der Waals surface area contributed by atoms with E-state index in [0.717, 1.165) is 5.56 Å². The van der Waals surface area contributed by atoms with Gasteiger partial charge in [0.1, 0.15) is 5.75 Å². The number of carbonyl (C=O) groups is 2. The fourth-order valence-electron chi connectivity index (χ4n) is 1.57. The summed E-state index contributed by atoms with van der Waals surface area (Å²) in [5.41, 5.74) is 0.821. The number of phenols is 1. The number of benzene rings is 1. The van der Waals surface area contributed by atoms with Crippen molar-refractivity contribution < 1.29 is 14.7 Å². The number of nitrogens with one attached hydrogen (secondary N) is 1. The van der Waals surface area contributed by atoms with Crippen molar-refractivity contribution in [2.75, 3.05) is 13.1 Å². The third-order valence-corrected chi connectivity index (χ3v) is 2.43. The summed E-state index contributed by atoms with van der Waals surface area (Å²) >= 11 is 0. The van der Waals surface area contributed by atoms with E-state index in [1.165, 1.54) is 17.0 Å². The highest BCUT2D eigenvalue weighted by molar-refractivity contribution is 5.99. The Hall–Kier alpha value is -1.88. The van der Waals surface area contributed by atoms with Gasteiger partial charge in [0.2, 0.25) is 11.8 Å². The van der Waals surface area contributed by atoms with Gasteiger partial charge >= 0.3 is 0 Å². The third-order valence-electron chi connectivity index (χ3n) is 2.43. The normalized spacial score (nSPS) is 16.6. The van der Waals surface area contributed by atoms with Crippen LogP contribution < -0.4 is 5.32 Å². The van der Waals surface area contributed by atoms with Crippen LogP contribution in [0.1, 0.15) is 5.56 Å². The molecule has 5 heteroatoms. The molecule has 0 aromatic heterocycles. The van der Waals surface area contributed by atoms with Gasteiger partial charge in [0.05, 0.1) is 19.6 Å². The number of rotatable bonds is 2. The second kappa shape index (κ2) is 4.32. The summed E-state index contributed by atoms with van der Waals surface area (Å²) in [6.07, 6.45) is 0. The molecule has 2 rings (SSSR count). The maximum atomic E-state index is 11.5. The minimum Gasteiger partial charge on any atom is -0.508 e. The molecular weight excluding hydrogens is 208 g/mol. The number of nitrogens with zero attached hydrogens (tertiary/aromatic N) is 1. The molecule has 0 spiro atoms. The summed E-state index contributed by atoms with van der Waals surface area (Å²) in [6, 6.07) is 6.45. The summed E-state index contributed by atoms with van der Waals surface area (Å²) in [6.45, 7) is 0.660. The number of imide groups is 1. The van der Waals surface area contributed by atoms with Gasteiger partial charge in [-0.15, -0.1) is 0 Å². The van der Waals surface area contributed by atoms with Crippen LogP contribution in [0.2, 0.25) is 0 Å². The second-order valence-corrected chi connectivity index (χ2v) is 3.64. The lowest BCUT2D eigenvalue weighted by molar-refractivity contribution is -0.147. The van der Waals surface area contributed by atoms with Crippen LogP contribution >= 0.6 is 0 Å². The van der Waals surface area contributed by atoms with Crippen LogP contribution in [0, 0.1) is 0 Å². The highest BCUT2D eigenvalue weighted by atomic mass is 16.3. The first-order valence-corrected chi connectivity index (χ1v) is 4.98. The molecule has 1 aromatic carbocycles. The van der Waals surface area contributed by atoms with Crippen LogP contribution in [-0.4, -0.2) is 34.9 Å². The van der Waals surface area contributed by atoms with E-state index in [9.17, 15) is 9.59 Å². The summed E-state index contributed by atoms with van der Waals surface area (Å²) in [5.74, 6) is -0.268. The molecule has 1 heterocycles. The highest BCUT2D eigenvalue weighted by Crippen LogP contribution is 2.12. The summed E-state index contributed by atoms with van der Waals surface area (Å²) in [5, 5.41) is 11.8. The van der Waals surface area contributed by atoms with Gasteiger partial charge in [0, 0.05) is 0 Å². The Balaban J connectivity index is 2.10. The van der Waals surface area contributed by atoms with Crippen LogP contribution in [0.5, 0.6) is 5.75 Å². The quantitative estimate of drug-likeness (QED) is 0.680. The van der Waals surface area contributed by atoms with Crippen molar-refractivity contribution in [1.82, 2.24) is 10.2 Å². The van der Waals surface area contributed by atoms with Gasteiger partial charge in [-0.3, -0.25) is 19.8 Å². The van der Waals surface area contributed by atoms with Crippen LogP contribution in [0.4, 0.5) is 0 Å². The van der Waals surface area contributed by atoms with Gasteiger partial charge in [-0.2, -0.15) is 0 Å². The van der Waals surface area contributed by atoms with Gasteiger partial charge in [-0.25, -0.2) is 0 Å². The van der Waals surface area contributed by atoms with E-state index >= 15 is 0 Å². The van der Waals surface area contributed by atoms with E-state index in [4.69, 9.17) is 5.11 Å².